The van der Waals surface area contributed by atoms with Gasteiger partial charge in [0.05, 0.1) is 18.5 Å². The van der Waals surface area contributed by atoms with E-state index in [1.54, 1.807) is 0 Å². The van der Waals surface area contributed by atoms with E-state index < -0.39 is 0 Å². The van der Waals surface area contributed by atoms with Gasteiger partial charge in [-0.2, -0.15) is 0 Å². The van der Waals surface area contributed by atoms with Gasteiger partial charge in [-0.1, -0.05) is 122 Å². The van der Waals surface area contributed by atoms with Crippen molar-refractivity contribution in [2.24, 2.45) is 11.8 Å². The molecule has 2 aromatic rings. The quantitative estimate of drug-likeness (QED) is 0.231. The number of aryl methyl sites for hydroxylation is 1. The van der Waals surface area contributed by atoms with E-state index in [9.17, 15) is 0 Å². The highest BCUT2D eigenvalue weighted by molar-refractivity contribution is 5.59. The van der Waals surface area contributed by atoms with Gasteiger partial charge in [-0.3, -0.25) is 4.98 Å². The van der Waals surface area contributed by atoms with Gasteiger partial charge in [-0.25, -0.2) is 0 Å². The highest BCUT2D eigenvalue weighted by Crippen LogP contribution is 2.34. The van der Waals surface area contributed by atoms with Crippen LogP contribution in [0, 0.1) is 11.8 Å². The maximum Gasteiger partial charge on any atom is 0.137 e. The van der Waals surface area contributed by atoms with E-state index in [0.717, 1.165) is 36.3 Å². The van der Waals surface area contributed by atoms with Crippen molar-refractivity contribution < 1.29 is 4.74 Å². The Balaban J connectivity index is 1.34. The summed E-state index contributed by atoms with van der Waals surface area (Å²) < 4.78 is 5.86. The zero-order valence-electron chi connectivity index (χ0n) is 22.1. The van der Waals surface area contributed by atoms with Crippen LogP contribution < -0.4 is 4.74 Å². The molecule has 1 aliphatic carbocycles. The minimum Gasteiger partial charge on any atom is -0.492 e. The summed E-state index contributed by atoms with van der Waals surface area (Å²) in [4.78, 5) is 4.64. The fourth-order valence-electron chi connectivity index (χ4n) is 5.41. The van der Waals surface area contributed by atoms with E-state index in [1.807, 2.05) is 6.20 Å². The number of hydrogen-bond acceptors (Lipinski definition) is 2. The van der Waals surface area contributed by atoms with Gasteiger partial charge in [0.1, 0.15) is 5.75 Å². The molecule has 0 amide bonds. The lowest BCUT2D eigenvalue weighted by Crippen LogP contribution is -2.15. The van der Waals surface area contributed by atoms with Crippen molar-refractivity contribution in [2.45, 2.75) is 117 Å². The van der Waals surface area contributed by atoms with Crippen molar-refractivity contribution in [1.82, 2.24) is 4.98 Å². The Bertz CT molecular complexity index is 759. The molecule has 1 heterocycles. The lowest BCUT2D eigenvalue weighted by Gasteiger charge is -2.28. The number of unbranched alkanes of at least 4 members (excludes halogenated alkanes) is 7. The number of aromatic nitrogens is 1. The third-order valence-electron chi connectivity index (χ3n) is 7.78. The summed E-state index contributed by atoms with van der Waals surface area (Å²) in [6, 6.07) is 13.2. The summed E-state index contributed by atoms with van der Waals surface area (Å²) in [5.41, 5.74) is 3.69. The van der Waals surface area contributed by atoms with Crippen LogP contribution in [0.4, 0.5) is 0 Å². The first-order chi connectivity index (χ1) is 16.8. The first-order valence-electron chi connectivity index (χ1n) is 14.5. The Morgan fingerprint density at radius 1 is 0.706 bits per heavy atom. The van der Waals surface area contributed by atoms with Crippen LogP contribution in [0.2, 0.25) is 0 Å². The molecule has 2 heteroatoms. The lowest BCUT2D eigenvalue weighted by atomic mass is 9.77. The molecule has 34 heavy (non-hydrogen) atoms. The molecule has 3 rings (SSSR count). The first-order valence-corrected chi connectivity index (χ1v) is 14.5. The second kappa shape index (κ2) is 16.0. The summed E-state index contributed by atoms with van der Waals surface area (Å²) in [5, 5.41) is 0. The van der Waals surface area contributed by atoms with Crippen LogP contribution in [-0.2, 0) is 6.42 Å². The predicted molar refractivity (Wildman–Crippen MR) is 146 cm³/mol. The minimum absolute atomic E-state index is 0.792. The number of ether oxygens (including phenoxy) is 1. The normalized spacial score (nSPS) is 18.2. The fraction of sp³-hybridized carbons (Fsp3) is 0.656. The molecule has 1 saturated carbocycles. The van der Waals surface area contributed by atoms with Crippen molar-refractivity contribution in [2.75, 3.05) is 6.61 Å². The van der Waals surface area contributed by atoms with Gasteiger partial charge >= 0.3 is 0 Å². The molecule has 0 saturated heterocycles. The fourth-order valence-corrected chi connectivity index (χ4v) is 5.41. The number of benzene rings is 1. The van der Waals surface area contributed by atoms with Crippen LogP contribution in [0.15, 0.2) is 42.6 Å². The predicted octanol–water partition coefficient (Wildman–Crippen LogP) is 9.81. The number of nitrogens with zero attached hydrogens (tertiary/aromatic N) is 1. The van der Waals surface area contributed by atoms with Crippen LogP contribution in [0.5, 0.6) is 5.75 Å². The van der Waals surface area contributed by atoms with Gasteiger partial charge in [0.25, 0.3) is 0 Å². The first kappa shape index (κ1) is 26.8. The number of hydrogen-bond donors (Lipinski definition) is 0. The molecule has 1 fully saturated rings. The van der Waals surface area contributed by atoms with Crippen molar-refractivity contribution >= 4 is 0 Å². The Kier molecular flexibility index (Phi) is 12.6. The number of pyridine rings is 1. The van der Waals surface area contributed by atoms with Crippen LogP contribution >= 0.6 is 0 Å². The highest BCUT2D eigenvalue weighted by atomic mass is 16.5. The van der Waals surface area contributed by atoms with Gasteiger partial charge in [0.2, 0.25) is 0 Å². The van der Waals surface area contributed by atoms with Crippen molar-refractivity contribution in [3.63, 3.8) is 0 Å². The SMILES string of the molecule is CCCCCCCOc1ccc(-c2ccc(CCC3CCC(CCCCCC)CC3)cc2)nc1. The lowest BCUT2D eigenvalue weighted by molar-refractivity contribution is 0.249. The monoisotopic (exact) mass is 463 g/mol. The van der Waals surface area contributed by atoms with Crippen molar-refractivity contribution in [3.05, 3.63) is 48.2 Å². The maximum atomic E-state index is 5.86. The van der Waals surface area contributed by atoms with Gasteiger partial charge in [0, 0.05) is 5.56 Å². The van der Waals surface area contributed by atoms with E-state index in [0.29, 0.717) is 0 Å². The van der Waals surface area contributed by atoms with E-state index in [2.05, 4.69) is 55.2 Å². The van der Waals surface area contributed by atoms with E-state index >= 15 is 0 Å². The maximum absolute atomic E-state index is 5.86. The second-order valence-corrected chi connectivity index (χ2v) is 10.6. The molecular weight excluding hydrogens is 414 g/mol. The molecule has 0 radical (unpaired) electrons. The van der Waals surface area contributed by atoms with E-state index in [-0.39, 0.29) is 0 Å². The summed E-state index contributed by atoms with van der Waals surface area (Å²) in [6.45, 7) is 5.35. The van der Waals surface area contributed by atoms with Crippen LogP contribution in [-0.4, -0.2) is 11.6 Å². The zero-order chi connectivity index (χ0) is 23.8. The molecule has 0 spiro atoms. The molecule has 0 bridgehead atoms. The molecule has 0 atom stereocenters. The Hall–Kier alpha value is -1.83. The molecular formula is C32H49NO. The average Bonchev–Trinajstić information content (AvgIpc) is 2.89. The Morgan fingerprint density at radius 3 is 2.00 bits per heavy atom. The summed E-state index contributed by atoms with van der Waals surface area (Å²) in [6.07, 6.45) is 23.7. The van der Waals surface area contributed by atoms with Gasteiger partial charge in [-0.15, -0.1) is 0 Å². The average molecular weight is 464 g/mol. The van der Waals surface area contributed by atoms with Crippen LogP contribution in [0.1, 0.15) is 116 Å². The third-order valence-corrected chi connectivity index (χ3v) is 7.78. The highest BCUT2D eigenvalue weighted by Gasteiger charge is 2.20. The molecule has 1 aliphatic rings. The number of rotatable bonds is 16. The third kappa shape index (κ3) is 9.80. The van der Waals surface area contributed by atoms with Crippen molar-refractivity contribution in [3.8, 4) is 17.0 Å². The molecule has 0 aliphatic heterocycles. The summed E-state index contributed by atoms with van der Waals surface area (Å²) in [5.74, 6) is 2.83. The molecule has 0 unspecified atom stereocenters. The van der Waals surface area contributed by atoms with Crippen LogP contribution in [0.25, 0.3) is 11.3 Å². The Morgan fingerprint density at radius 2 is 1.35 bits per heavy atom. The van der Waals surface area contributed by atoms with E-state index in [4.69, 9.17) is 4.74 Å². The standard InChI is InChI=1S/C32H49NO/c1-3-5-7-9-11-25-34-31-23-24-32(33-26-31)30-21-19-29(20-22-30)18-17-28-15-13-27(14-16-28)12-10-8-6-4-2/h19-24,26-28H,3-18,25H2,1-2H3. The molecule has 0 N–H and O–H groups in total. The largest absolute Gasteiger partial charge is 0.492 e. The molecule has 188 valence electrons. The molecule has 1 aromatic heterocycles. The second-order valence-electron chi connectivity index (χ2n) is 10.6. The van der Waals surface area contributed by atoms with Crippen LogP contribution in [0.3, 0.4) is 0 Å². The zero-order valence-corrected chi connectivity index (χ0v) is 22.1. The molecule has 1 aromatic carbocycles. The summed E-state index contributed by atoms with van der Waals surface area (Å²) >= 11 is 0. The minimum atomic E-state index is 0.792. The summed E-state index contributed by atoms with van der Waals surface area (Å²) in [7, 11) is 0. The Labute approximate surface area is 209 Å². The van der Waals surface area contributed by atoms with E-state index in [1.165, 1.54) is 107 Å². The van der Waals surface area contributed by atoms with Gasteiger partial charge < -0.3 is 4.74 Å². The van der Waals surface area contributed by atoms with Crippen molar-refractivity contribution in [1.29, 1.82) is 0 Å². The van der Waals surface area contributed by atoms with Gasteiger partial charge in [0.15, 0.2) is 0 Å². The van der Waals surface area contributed by atoms with Gasteiger partial charge in [-0.05, 0) is 48.8 Å². The molecule has 2 nitrogen and oxygen atoms in total. The topological polar surface area (TPSA) is 22.1 Å². The smallest absolute Gasteiger partial charge is 0.137 e.